The highest BCUT2D eigenvalue weighted by Gasteiger charge is 2.47. The summed E-state index contributed by atoms with van der Waals surface area (Å²) in [6.07, 6.45) is 9.37. The fraction of sp³-hybridized carbons (Fsp3) is 0.485. The number of nitrogens with zero attached hydrogens (tertiary/aromatic N) is 2. The van der Waals surface area contributed by atoms with Crippen molar-refractivity contribution in [2.75, 3.05) is 0 Å². The molecule has 2 heterocycles. The quantitative estimate of drug-likeness (QED) is 0.223. The average molecular weight is 508 g/mol. The van der Waals surface area contributed by atoms with Gasteiger partial charge < -0.3 is 10.1 Å². The fourth-order valence-electron chi connectivity index (χ4n) is 7.55. The topological polar surface area (TPSA) is 64.1 Å². The maximum Gasteiger partial charge on any atom is 0.251 e. The van der Waals surface area contributed by atoms with E-state index in [0.717, 1.165) is 57.9 Å². The minimum absolute atomic E-state index is 0.00865. The molecule has 196 valence electrons. The maximum absolute atomic E-state index is 13.1. The molecule has 2 aliphatic carbocycles. The SMILES string of the molecule is CC1CCC2C(C1)c1c(c3ccccc3c3nc4cc(C(=O)NC5CCCCC5)ccc4nc13)OC2(C)C. The maximum atomic E-state index is 13.1. The summed E-state index contributed by atoms with van der Waals surface area (Å²) in [7, 11) is 0. The van der Waals surface area contributed by atoms with Gasteiger partial charge in [0.15, 0.2) is 0 Å². The molecule has 7 rings (SSSR count). The predicted molar refractivity (Wildman–Crippen MR) is 153 cm³/mol. The third-order valence-corrected chi connectivity index (χ3v) is 9.53. The standard InChI is InChI=1S/C33H37N3O2/c1-19-13-15-25-24(17-19)28-30-29(22-11-7-8-12-23(22)31(28)38-33(25,2)3)36-27-18-20(14-16-26(27)35-30)32(37)34-21-9-5-4-6-10-21/h7-8,11-12,14,16,18-19,21,24-25H,4-6,9-10,13,15,17H2,1-3H3,(H,34,37). The van der Waals surface area contributed by atoms with Gasteiger partial charge in [0.2, 0.25) is 0 Å². The van der Waals surface area contributed by atoms with Crippen molar-refractivity contribution < 1.29 is 9.53 Å². The van der Waals surface area contributed by atoms with Crippen molar-refractivity contribution in [2.24, 2.45) is 11.8 Å². The molecular weight excluding hydrogens is 470 g/mol. The zero-order valence-corrected chi connectivity index (χ0v) is 22.7. The lowest BCUT2D eigenvalue weighted by atomic mass is 9.64. The second kappa shape index (κ2) is 8.93. The minimum atomic E-state index is -0.223. The molecule has 3 unspecified atom stereocenters. The molecule has 4 aromatic rings. The lowest BCUT2D eigenvalue weighted by Crippen LogP contribution is -2.46. The van der Waals surface area contributed by atoms with Crippen LogP contribution in [0.5, 0.6) is 5.75 Å². The lowest BCUT2D eigenvalue weighted by Gasteiger charge is -2.49. The average Bonchev–Trinajstić information content (AvgIpc) is 2.92. The number of carbonyl (C=O) groups is 1. The van der Waals surface area contributed by atoms with E-state index in [1.165, 1.54) is 37.7 Å². The number of benzene rings is 3. The molecule has 0 spiro atoms. The first-order valence-electron chi connectivity index (χ1n) is 14.5. The van der Waals surface area contributed by atoms with Gasteiger partial charge in [-0.2, -0.15) is 0 Å². The molecule has 0 saturated heterocycles. The van der Waals surface area contributed by atoms with E-state index in [9.17, 15) is 4.79 Å². The highest BCUT2D eigenvalue weighted by Crippen LogP contribution is 2.56. The summed E-state index contributed by atoms with van der Waals surface area (Å²) in [6, 6.07) is 14.5. The van der Waals surface area contributed by atoms with Crippen LogP contribution in [0.1, 0.15) is 94.0 Å². The van der Waals surface area contributed by atoms with Crippen molar-refractivity contribution in [3.05, 3.63) is 53.6 Å². The first kappa shape index (κ1) is 23.9. The molecule has 2 fully saturated rings. The molecule has 38 heavy (non-hydrogen) atoms. The molecule has 2 saturated carbocycles. The van der Waals surface area contributed by atoms with E-state index >= 15 is 0 Å². The number of amides is 1. The van der Waals surface area contributed by atoms with Gasteiger partial charge >= 0.3 is 0 Å². The molecule has 5 heteroatoms. The van der Waals surface area contributed by atoms with Crippen molar-refractivity contribution in [3.63, 3.8) is 0 Å². The van der Waals surface area contributed by atoms with Crippen LogP contribution < -0.4 is 10.1 Å². The Bertz CT molecular complexity index is 1570. The van der Waals surface area contributed by atoms with E-state index in [4.69, 9.17) is 14.7 Å². The molecule has 0 radical (unpaired) electrons. The van der Waals surface area contributed by atoms with Crippen LogP contribution in [0.25, 0.3) is 32.8 Å². The lowest BCUT2D eigenvalue weighted by molar-refractivity contribution is -0.0115. The Morgan fingerprint density at radius 3 is 2.50 bits per heavy atom. The number of hydrogen-bond acceptors (Lipinski definition) is 4. The Hall–Kier alpha value is -3.21. The summed E-state index contributed by atoms with van der Waals surface area (Å²) in [5.74, 6) is 2.52. The first-order valence-corrected chi connectivity index (χ1v) is 14.5. The number of nitrogens with one attached hydrogen (secondary N) is 1. The van der Waals surface area contributed by atoms with Crippen molar-refractivity contribution in [1.82, 2.24) is 15.3 Å². The first-order chi connectivity index (χ1) is 18.4. The summed E-state index contributed by atoms with van der Waals surface area (Å²) < 4.78 is 6.86. The second-order valence-corrected chi connectivity index (χ2v) is 12.6. The molecule has 1 aromatic heterocycles. The van der Waals surface area contributed by atoms with Gasteiger partial charge in [0.25, 0.3) is 5.91 Å². The van der Waals surface area contributed by atoms with E-state index in [0.29, 0.717) is 23.3 Å². The zero-order valence-electron chi connectivity index (χ0n) is 22.7. The summed E-state index contributed by atoms with van der Waals surface area (Å²) in [5, 5.41) is 5.42. The number of fused-ring (bicyclic) bond motifs is 9. The van der Waals surface area contributed by atoms with Crippen LogP contribution in [0.2, 0.25) is 0 Å². The number of aromatic nitrogens is 2. The Morgan fingerprint density at radius 1 is 0.921 bits per heavy atom. The van der Waals surface area contributed by atoms with E-state index < -0.39 is 0 Å². The molecule has 3 aliphatic rings. The normalized spacial score (nSPS) is 25.1. The fourth-order valence-corrected chi connectivity index (χ4v) is 7.55. The highest BCUT2D eigenvalue weighted by molar-refractivity contribution is 6.11. The molecule has 3 atom stereocenters. The smallest absolute Gasteiger partial charge is 0.251 e. The Morgan fingerprint density at radius 2 is 1.68 bits per heavy atom. The predicted octanol–water partition coefficient (Wildman–Crippen LogP) is 7.69. The van der Waals surface area contributed by atoms with Crippen LogP contribution in [-0.4, -0.2) is 27.5 Å². The van der Waals surface area contributed by atoms with Crippen LogP contribution in [0.4, 0.5) is 0 Å². The van der Waals surface area contributed by atoms with Crippen molar-refractivity contribution in [2.45, 2.75) is 89.7 Å². The number of ether oxygens (including phenoxy) is 1. The van der Waals surface area contributed by atoms with Gasteiger partial charge in [-0.25, -0.2) is 9.97 Å². The third kappa shape index (κ3) is 3.85. The highest BCUT2D eigenvalue weighted by atomic mass is 16.5. The molecule has 1 amide bonds. The Labute approximate surface area is 224 Å². The molecular formula is C33H37N3O2. The molecule has 1 aliphatic heterocycles. The van der Waals surface area contributed by atoms with Crippen LogP contribution in [0.15, 0.2) is 42.5 Å². The van der Waals surface area contributed by atoms with Gasteiger partial charge in [-0.1, -0.05) is 56.9 Å². The Balaban J connectivity index is 1.40. The largest absolute Gasteiger partial charge is 0.487 e. The van der Waals surface area contributed by atoms with Crippen LogP contribution in [0, 0.1) is 11.8 Å². The molecule has 3 aromatic carbocycles. The van der Waals surface area contributed by atoms with Crippen LogP contribution >= 0.6 is 0 Å². The monoisotopic (exact) mass is 507 g/mol. The van der Waals surface area contributed by atoms with Gasteiger partial charge in [-0.05, 0) is 69.6 Å². The molecule has 1 N–H and O–H groups in total. The third-order valence-electron chi connectivity index (χ3n) is 9.53. The van der Waals surface area contributed by atoms with Crippen LogP contribution in [0.3, 0.4) is 0 Å². The van der Waals surface area contributed by atoms with Gasteiger partial charge in [0.1, 0.15) is 11.4 Å². The van der Waals surface area contributed by atoms with Gasteiger partial charge in [-0.15, -0.1) is 0 Å². The van der Waals surface area contributed by atoms with Gasteiger partial charge in [0.05, 0.1) is 22.1 Å². The van der Waals surface area contributed by atoms with E-state index in [-0.39, 0.29) is 17.6 Å². The summed E-state index contributed by atoms with van der Waals surface area (Å²) >= 11 is 0. The Kier molecular flexibility index (Phi) is 5.61. The van der Waals surface area contributed by atoms with Crippen molar-refractivity contribution in [3.8, 4) is 5.75 Å². The van der Waals surface area contributed by atoms with Gasteiger partial charge in [0, 0.05) is 33.9 Å². The second-order valence-electron chi connectivity index (χ2n) is 12.6. The van der Waals surface area contributed by atoms with Crippen molar-refractivity contribution >= 4 is 38.7 Å². The molecule has 0 bridgehead atoms. The summed E-state index contributed by atoms with van der Waals surface area (Å²) in [5.41, 5.74) is 5.15. The molecule has 5 nitrogen and oxygen atoms in total. The number of hydrogen-bond donors (Lipinski definition) is 1. The zero-order chi connectivity index (χ0) is 26.0. The number of rotatable bonds is 2. The number of carbonyl (C=O) groups excluding carboxylic acids is 1. The van der Waals surface area contributed by atoms with E-state index in [1.807, 2.05) is 18.2 Å². The summed E-state index contributed by atoms with van der Waals surface area (Å²) in [6.45, 7) is 6.89. The minimum Gasteiger partial charge on any atom is -0.487 e. The van der Waals surface area contributed by atoms with Gasteiger partial charge in [-0.3, -0.25) is 4.79 Å². The van der Waals surface area contributed by atoms with E-state index in [1.54, 1.807) is 0 Å². The summed E-state index contributed by atoms with van der Waals surface area (Å²) in [4.78, 5) is 23.5. The van der Waals surface area contributed by atoms with E-state index in [2.05, 4.69) is 50.4 Å². The van der Waals surface area contributed by atoms with Crippen LogP contribution in [-0.2, 0) is 0 Å². The van der Waals surface area contributed by atoms with Crippen molar-refractivity contribution in [1.29, 1.82) is 0 Å².